The lowest BCUT2D eigenvalue weighted by Gasteiger charge is -2.08. The van der Waals surface area contributed by atoms with Gasteiger partial charge in [-0.1, -0.05) is 6.07 Å². The molecule has 0 bridgehead atoms. The first-order valence-electron chi connectivity index (χ1n) is 7.07. The predicted octanol–water partition coefficient (Wildman–Crippen LogP) is 3.30. The van der Waals surface area contributed by atoms with Crippen LogP contribution < -0.4 is 5.32 Å². The van der Waals surface area contributed by atoms with Gasteiger partial charge in [0.25, 0.3) is 5.91 Å². The lowest BCUT2D eigenvalue weighted by atomic mass is 10.2. The maximum Gasteiger partial charge on any atom is 0.416 e. The number of aromatic nitrogens is 1. The predicted molar refractivity (Wildman–Crippen MR) is 84.3 cm³/mol. The van der Waals surface area contributed by atoms with Gasteiger partial charge in [-0.05, 0) is 42.5 Å². The summed E-state index contributed by atoms with van der Waals surface area (Å²) in [7, 11) is 0. The van der Waals surface area contributed by atoms with Gasteiger partial charge in [0.2, 0.25) is 0 Å². The third kappa shape index (κ3) is 6.09. The minimum Gasteiger partial charge on any atom is -0.452 e. The summed E-state index contributed by atoms with van der Waals surface area (Å²) in [6.07, 6.45) is -0.343. The SMILES string of the molecule is O=C(COC(=O)C=Cc1ccccn1)Nc1ccc(C(F)(F)F)cc1. The highest BCUT2D eigenvalue weighted by atomic mass is 19.4. The molecule has 2 aromatic rings. The van der Waals surface area contributed by atoms with Crippen molar-refractivity contribution >= 4 is 23.6 Å². The van der Waals surface area contributed by atoms with Crippen molar-refractivity contribution in [3.05, 3.63) is 66.0 Å². The van der Waals surface area contributed by atoms with E-state index in [1.807, 2.05) is 0 Å². The zero-order valence-corrected chi connectivity index (χ0v) is 12.8. The van der Waals surface area contributed by atoms with E-state index in [1.165, 1.54) is 6.08 Å². The number of anilines is 1. The first-order chi connectivity index (χ1) is 11.8. The van der Waals surface area contributed by atoms with Crippen molar-refractivity contribution in [2.45, 2.75) is 6.18 Å². The Morgan fingerprint density at radius 3 is 2.44 bits per heavy atom. The molecule has 1 amide bonds. The molecule has 0 unspecified atom stereocenters. The Labute approximate surface area is 141 Å². The smallest absolute Gasteiger partial charge is 0.416 e. The molecule has 130 valence electrons. The molecule has 25 heavy (non-hydrogen) atoms. The summed E-state index contributed by atoms with van der Waals surface area (Å²) < 4.78 is 42.0. The molecule has 1 aromatic heterocycles. The second-order valence-electron chi connectivity index (χ2n) is 4.82. The lowest BCUT2D eigenvalue weighted by Crippen LogP contribution is -2.20. The highest BCUT2D eigenvalue weighted by molar-refractivity contribution is 5.94. The second kappa shape index (κ2) is 8.09. The molecule has 0 radical (unpaired) electrons. The van der Waals surface area contributed by atoms with Crippen molar-refractivity contribution in [3.63, 3.8) is 0 Å². The Morgan fingerprint density at radius 1 is 1.12 bits per heavy atom. The number of ether oxygens (including phenoxy) is 1. The van der Waals surface area contributed by atoms with Crippen molar-refractivity contribution in [2.24, 2.45) is 0 Å². The Balaban J connectivity index is 1.80. The molecular formula is C17H13F3N2O3. The molecule has 0 aliphatic rings. The molecule has 0 fully saturated rings. The van der Waals surface area contributed by atoms with Crippen molar-refractivity contribution < 1.29 is 27.5 Å². The zero-order chi connectivity index (χ0) is 18.3. The van der Waals surface area contributed by atoms with Crippen LogP contribution in [0.15, 0.2) is 54.7 Å². The van der Waals surface area contributed by atoms with Gasteiger partial charge in [-0.3, -0.25) is 9.78 Å². The van der Waals surface area contributed by atoms with Crippen LogP contribution in [0.1, 0.15) is 11.3 Å². The van der Waals surface area contributed by atoms with Crippen LogP contribution in [0.5, 0.6) is 0 Å². The summed E-state index contributed by atoms with van der Waals surface area (Å²) >= 11 is 0. The van der Waals surface area contributed by atoms with Gasteiger partial charge in [0, 0.05) is 18.0 Å². The number of carbonyl (C=O) groups is 2. The summed E-state index contributed by atoms with van der Waals surface area (Å²) in [4.78, 5) is 27.1. The summed E-state index contributed by atoms with van der Waals surface area (Å²) in [6.45, 7) is -0.563. The number of nitrogens with one attached hydrogen (secondary N) is 1. The van der Waals surface area contributed by atoms with Crippen LogP contribution in [0.25, 0.3) is 6.08 Å². The molecule has 1 aromatic carbocycles. The van der Waals surface area contributed by atoms with Crippen LogP contribution in [-0.4, -0.2) is 23.5 Å². The lowest BCUT2D eigenvalue weighted by molar-refractivity contribution is -0.142. The van der Waals surface area contributed by atoms with E-state index in [0.29, 0.717) is 5.69 Å². The van der Waals surface area contributed by atoms with E-state index < -0.39 is 30.2 Å². The molecule has 0 aliphatic carbocycles. The molecule has 0 saturated heterocycles. The van der Waals surface area contributed by atoms with Gasteiger partial charge in [-0.25, -0.2) is 4.79 Å². The molecule has 0 atom stereocenters. The number of alkyl halides is 3. The molecule has 2 rings (SSSR count). The van der Waals surface area contributed by atoms with Crippen molar-refractivity contribution in [1.82, 2.24) is 4.98 Å². The van der Waals surface area contributed by atoms with Gasteiger partial charge in [0.15, 0.2) is 6.61 Å². The molecular weight excluding hydrogens is 337 g/mol. The first kappa shape index (κ1) is 18.2. The first-order valence-corrected chi connectivity index (χ1v) is 7.07. The fourth-order valence-electron chi connectivity index (χ4n) is 1.75. The van der Waals surface area contributed by atoms with Gasteiger partial charge >= 0.3 is 12.1 Å². The Bertz CT molecular complexity index is 757. The molecule has 5 nitrogen and oxygen atoms in total. The van der Waals surface area contributed by atoms with Crippen LogP contribution in [0.3, 0.4) is 0 Å². The Morgan fingerprint density at radius 2 is 1.84 bits per heavy atom. The normalized spacial score (nSPS) is 11.3. The Hall–Kier alpha value is -3.16. The van der Waals surface area contributed by atoms with Gasteiger partial charge in [0.05, 0.1) is 11.3 Å². The topological polar surface area (TPSA) is 68.3 Å². The molecule has 1 heterocycles. The standard InChI is InChI=1S/C17H13F3N2O3/c18-17(19,20)12-4-6-14(7-5-12)22-15(23)11-25-16(24)9-8-13-3-1-2-10-21-13/h1-10H,11H2,(H,22,23). The monoisotopic (exact) mass is 350 g/mol. The quantitative estimate of drug-likeness (QED) is 0.664. The third-order valence-electron chi connectivity index (χ3n) is 2.92. The molecule has 0 aliphatic heterocycles. The van der Waals surface area contributed by atoms with E-state index in [9.17, 15) is 22.8 Å². The van der Waals surface area contributed by atoms with E-state index in [2.05, 4.69) is 10.3 Å². The van der Waals surface area contributed by atoms with Crippen LogP contribution in [0.4, 0.5) is 18.9 Å². The van der Waals surface area contributed by atoms with Gasteiger partial charge in [-0.2, -0.15) is 13.2 Å². The maximum atomic E-state index is 12.4. The Kier molecular flexibility index (Phi) is 5.89. The average molecular weight is 350 g/mol. The second-order valence-corrected chi connectivity index (χ2v) is 4.82. The van der Waals surface area contributed by atoms with E-state index in [0.717, 1.165) is 30.3 Å². The van der Waals surface area contributed by atoms with Crippen LogP contribution in [0, 0.1) is 0 Å². The van der Waals surface area contributed by atoms with Crippen LogP contribution in [-0.2, 0) is 20.5 Å². The van der Waals surface area contributed by atoms with E-state index >= 15 is 0 Å². The highest BCUT2D eigenvalue weighted by Gasteiger charge is 2.29. The summed E-state index contributed by atoms with van der Waals surface area (Å²) in [5, 5.41) is 2.33. The summed E-state index contributed by atoms with van der Waals surface area (Å²) in [5.74, 6) is -1.41. The van der Waals surface area contributed by atoms with Crippen LogP contribution in [0.2, 0.25) is 0 Å². The number of hydrogen-bond acceptors (Lipinski definition) is 4. The highest BCUT2D eigenvalue weighted by Crippen LogP contribution is 2.29. The molecule has 1 N–H and O–H groups in total. The number of amides is 1. The fraction of sp³-hybridized carbons (Fsp3) is 0.118. The number of nitrogens with zero attached hydrogens (tertiary/aromatic N) is 1. The minimum atomic E-state index is -4.45. The number of esters is 1. The number of pyridine rings is 1. The number of benzene rings is 1. The number of hydrogen-bond donors (Lipinski definition) is 1. The number of carbonyl (C=O) groups excluding carboxylic acids is 2. The summed E-state index contributed by atoms with van der Waals surface area (Å²) in [5.41, 5.74) is -0.108. The molecule has 8 heteroatoms. The van der Waals surface area contributed by atoms with E-state index in [-0.39, 0.29) is 5.69 Å². The van der Waals surface area contributed by atoms with Gasteiger partial charge < -0.3 is 10.1 Å². The average Bonchev–Trinajstić information content (AvgIpc) is 2.59. The van der Waals surface area contributed by atoms with Crippen molar-refractivity contribution in [1.29, 1.82) is 0 Å². The zero-order valence-electron chi connectivity index (χ0n) is 12.8. The van der Waals surface area contributed by atoms with Crippen LogP contribution >= 0.6 is 0 Å². The largest absolute Gasteiger partial charge is 0.452 e. The number of halogens is 3. The maximum absolute atomic E-state index is 12.4. The molecule has 0 spiro atoms. The molecule has 0 saturated carbocycles. The fourth-order valence-corrected chi connectivity index (χ4v) is 1.75. The number of rotatable bonds is 5. The third-order valence-corrected chi connectivity index (χ3v) is 2.92. The van der Waals surface area contributed by atoms with Gasteiger partial charge in [-0.15, -0.1) is 0 Å². The van der Waals surface area contributed by atoms with Crippen molar-refractivity contribution in [2.75, 3.05) is 11.9 Å². The van der Waals surface area contributed by atoms with E-state index in [4.69, 9.17) is 4.74 Å². The minimum absolute atomic E-state index is 0.165. The summed E-state index contributed by atoms with van der Waals surface area (Å²) in [6, 6.07) is 9.07. The van der Waals surface area contributed by atoms with Crippen molar-refractivity contribution in [3.8, 4) is 0 Å². The van der Waals surface area contributed by atoms with Gasteiger partial charge in [0.1, 0.15) is 0 Å². The van der Waals surface area contributed by atoms with E-state index in [1.54, 1.807) is 24.4 Å².